The lowest BCUT2D eigenvalue weighted by Crippen LogP contribution is -2.29. The summed E-state index contributed by atoms with van der Waals surface area (Å²) in [6.07, 6.45) is 0. The number of thiazole rings is 1. The molecule has 0 unspecified atom stereocenters. The van der Waals surface area contributed by atoms with Crippen LogP contribution in [0, 0.1) is 5.41 Å². The third-order valence-corrected chi connectivity index (χ3v) is 5.54. The highest BCUT2D eigenvalue weighted by Crippen LogP contribution is 2.33. The number of aromatic nitrogens is 1. The highest BCUT2D eigenvalue weighted by molar-refractivity contribution is 8.93. The van der Waals surface area contributed by atoms with E-state index in [1.54, 1.807) is 14.2 Å². The second-order valence-corrected chi connectivity index (χ2v) is 7.71. The largest absolute Gasteiger partial charge is 0.496 e. The maximum Gasteiger partial charge on any atom is 0.195 e. The molecule has 0 radical (unpaired) electrons. The van der Waals surface area contributed by atoms with Crippen LogP contribution in [0.2, 0.25) is 4.34 Å². The number of ether oxygens (including phenoxy) is 2. The zero-order valence-corrected chi connectivity index (χ0v) is 18.6. The number of anilines is 1. The highest BCUT2D eigenvalue weighted by atomic mass is 79.9. The Morgan fingerprint density at radius 1 is 1.19 bits per heavy atom. The Morgan fingerprint density at radius 2 is 1.89 bits per heavy atom. The monoisotopic (exact) mass is 488 g/mol. The van der Waals surface area contributed by atoms with Gasteiger partial charge in [0.1, 0.15) is 11.5 Å². The van der Waals surface area contributed by atoms with E-state index in [4.69, 9.17) is 26.5 Å². The first-order chi connectivity index (χ1) is 12.6. The van der Waals surface area contributed by atoms with E-state index >= 15 is 0 Å². The van der Waals surface area contributed by atoms with Crippen molar-refractivity contribution >= 4 is 62.3 Å². The van der Waals surface area contributed by atoms with E-state index < -0.39 is 0 Å². The molecule has 0 atom stereocenters. The van der Waals surface area contributed by atoms with Crippen molar-refractivity contribution in [2.75, 3.05) is 19.5 Å². The molecule has 0 aliphatic carbocycles. The molecule has 144 valence electrons. The standard InChI is InChI=1S/C17H17ClN4O2S2.BrH/c1-23-12-4-3-5-13(24-2)10(12)8-20-16(19)22-17-21-11(9-25-17)14-6-7-15(18)26-14;/h3-7,9H,8H2,1-2H3,(H3,19,20,21,22);1H. The molecular formula is C17H18BrClN4O2S2. The molecule has 6 nitrogen and oxygen atoms in total. The maximum absolute atomic E-state index is 8.09. The number of nitrogens with zero attached hydrogens (tertiary/aromatic N) is 1. The predicted molar refractivity (Wildman–Crippen MR) is 118 cm³/mol. The lowest BCUT2D eigenvalue weighted by atomic mass is 10.1. The fourth-order valence-corrected chi connectivity index (χ4v) is 4.12. The highest BCUT2D eigenvalue weighted by Gasteiger charge is 2.11. The van der Waals surface area contributed by atoms with Gasteiger partial charge >= 0.3 is 0 Å². The average molecular weight is 490 g/mol. The number of methoxy groups -OCH3 is 2. The summed E-state index contributed by atoms with van der Waals surface area (Å²) in [6, 6.07) is 9.35. The summed E-state index contributed by atoms with van der Waals surface area (Å²) in [4.78, 5) is 5.48. The number of halogens is 2. The molecule has 0 aliphatic heterocycles. The molecule has 2 heterocycles. The third-order valence-electron chi connectivity index (χ3n) is 3.53. The molecule has 3 aromatic rings. The van der Waals surface area contributed by atoms with Gasteiger partial charge in [0.15, 0.2) is 11.1 Å². The average Bonchev–Trinajstić information content (AvgIpc) is 3.28. The molecule has 0 spiro atoms. The lowest BCUT2D eigenvalue weighted by molar-refractivity contribution is 0.384. The first kappa shape index (κ1) is 21.5. The fraction of sp³-hybridized carbons (Fsp3) is 0.176. The van der Waals surface area contributed by atoms with Gasteiger partial charge in [-0.15, -0.1) is 39.7 Å². The van der Waals surface area contributed by atoms with E-state index in [2.05, 4.69) is 15.6 Å². The van der Waals surface area contributed by atoms with Gasteiger partial charge in [-0.1, -0.05) is 17.7 Å². The molecule has 10 heteroatoms. The van der Waals surface area contributed by atoms with Gasteiger partial charge in [-0.2, -0.15) is 0 Å². The summed E-state index contributed by atoms with van der Waals surface area (Å²) in [5, 5.41) is 16.6. The molecule has 0 saturated heterocycles. The first-order valence-electron chi connectivity index (χ1n) is 7.61. The number of hydrogen-bond donors (Lipinski definition) is 3. The van der Waals surface area contributed by atoms with Crippen LogP contribution in [0.3, 0.4) is 0 Å². The quantitative estimate of drug-likeness (QED) is 0.325. The third kappa shape index (κ3) is 5.35. The van der Waals surface area contributed by atoms with Crippen molar-refractivity contribution in [2.24, 2.45) is 0 Å². The van der Waals surface area contributed by atoms with Crippen LogP contribution < -0.4 is 20.1 Å². The minimum Gasteiger partial charge on any atom is -0.496 e. The van der Waals surface area contributed by atoms with Gasteiger partial charge in [0.2, 0.25) is 0 Å². The Bertz CT molecular complexity index is 894. The minimum absolute atomic E-state index is 0. The van der Waals surface area contributed by atoms with Crippen molar-refractivity contribution in [3.05, 3.63) is 45.6 Å². The minimum atomic E-state index is 0. The van der Waals surface area contributed by atoms with Gasteiger partial charge in [-0.3, -0.25) is 5.41 Å². The van der Waals surface area contributed by atoms with Gasteiger partial charge in [0.05, 0.1) is 41.2 Å². The van der Waals surface area contributed by atoms with Crippen LogP contribution in [0.1, 0.15) is 5.56 Å². The molecule has 0 fully saturated rings. The topological polar surface area (TPSA) is 79.3 Å². The zero-order valence-electron chi connectivity index (χ0n) is 14.5. The summed E-state index contributed by atoms with van der Waals surface area (Å²) in [7, 11) is 3.21. The van der Waals surface area contributed by atoms with Crippen LogP contribution >= 0.6 is 51.3 Å². The van der Waals surface area contributed by atoms with Crippen LogP contribution in [-0.4, -0.2) is 25.2 Å². The molecule has 0 aliphatic rings. The van der Waals surface area contributed by atoms with Crippen LogP contribution in [-0.2, 0) is 6.54 Å². The number of nitrogens with one attached hydrogen (secondary N) is 3. The Balaban J connectivity index is 0.00000261. The van der Waals surface area contributed by atoms with Crippen molar-refractivity contribution < 1.29 is 9.47 Å². The first-order valence-corrected chi connectivity index (χ1v) is 9.68. The molecule has 3 rings (SSSR count). The maximum atomic E-state index is 8.09. The Kier molecular flexibility index (Phi) is 7.91. The van der Waals surface area contributed by atoms with Crippen LogP contribution in [0.4, 0.5) is 5.13 Å². The number of benzene rings is 1. The second-order valence-electron chi connectivity index (χ2n) is 5.14. The predicted octanol–water partition coefficient (Wildman–Crippen LogP) is 5.26. The molecular weight excluding hydrogens is 472 g/mol. The normalized spacial score (nSPS) is 10.0. The number of guanidine groups is 1. The van der Waals surface area contributed by atoms with E-state index in [1.165, 1.54) is 22.7 Å². The van der Waals surface area contributed by atoms with Crippen LogP contribution in [0.25, 0.3) is 10.6 Å². The van der Waals surface area contributed by atoms with Crippen molar-refractivity contribution in [1.29, 1.82) is 5.41 Å². The van der Waals surface area contributed by atoms with E-state index in [-0.39, 0.29) is 22.9 Å². The van der Waals surface area contributed by atoms with Crippen molar-refractivity contribution in [2.45, 2.75) is 6.54 Å². The van der Waals surface area contributed by atoms with Gasteiger partial charge < -0.3 is 20.1 Å². The van der Waals surface area contributed by atoms with Gasteiger partial charge in [0, 0.05) is 5.38 Å². The van der Waals surface area contributed by atoms with Crippen molar-refractivity contribution in [3.8, 4) is 22.1 Å². The van der Waals surface area contributed by atoms with E-state index in [9.17, 15) is 0 Å². The molecule has 1 aromatic carbocycles. The summed E-state index contributed by atoms with van der Waals surface area (Å²) in [5.74, 6) is 1.55. The van der Waals surface area contributed by atoms with Gasteiger partial charge in [0.25, 0.3) is 0 Å². The number of rotatable bonds is 6. The van der Waals surface area contributed by atoms with Crippen molar-refractivity contribution in [3.63, 3.8) is 0 Å². The lowest BCUT2D eigenvalue weighted by Gasteiger charge is -2.14. The van der Waals surface area contributed by atoms with Crippen molar-refractivity contribution in [1.82, 2.24) is 10.3 Å². The van der Waals surface area contributed by atoms with E-state index in [0.29, 0.717) is 23.2 Å². The Morgan fingerprint density at radius 3 is 2.48 bits per heavy atom. The zero-order chi connectivity index (χ0) is 18.5. The van der Waals surface area contributed by atoms with Crippen LogP contribution in [0.5, 0.6) is 11.5 Å². The van der Waals surface area contributed by atoms with Gasteiger partial charge in [-0.05, 0) is 24.3 Å². The Labute approximate surface area is 180 Å². The summed E-state index contributed by atoms with van der Waals surface area (Å²) in [6.45, 7) is 0.387. The molecule has 0 bridgehead atoms. The molecule has 0 saturated carbocycles. The second kappa shape index (κ2) is 9.93. The van der Waals surface area contributed by atoms with E-state index in [0.717, 1.165) is 20.5 Å². The molecule has 3 N–H and O–H groups in total. The number of thiophene rings is 1. The molecule has 0 amide bonds. The summed E-state index contributed by atoms with van der Waals surface area (Å²) >= 11 is 8.87. The van der Waals surface area contributed by atoms with E-state index in [1.807, 2.05) is 35.7 Å². The molecule has 27 heavy (non-hydrogen) atoms. The summed E-state index contributed by atoms with van der Waals surface area (Å²) < 4.78 is 11.4. The fourth-order valence-electron chi connectivity index (χ4n) is 2.33. The smallest absolute Gasteiger partial charge is 0.195 e. The SMILES string of the molecule is Br.COc1cccc(OC)c1CNC(=N)Nc1nc(-c2ccc(Cl)s2)cs1. The Hall–Kier alpha value is -1.81. The van der Waals surface area contributed by atoms with Gasteiger partial charge in [-0.25, -0.2) is 4.98 Å². The van der Waals surface area contributed by atoms with Crippen LogP contribution in [0.15, 0.2) is 35.7 Å². The summed E-state index contributed by atoms with van der Waals surface area (Å²) in [5.41, 5.74) is 1.69. The number of hydrogen-bond acceptors (Lipinski definition) is 6. The molecule has 2 aromatic heterocycles.